The maximum Gasteiger partial charge on any atom is 0.329 e. The Morgan fingerprint density at radius 2 is 1.71 bits per heavy atom. The zero-order valence-corrected chi connectivity index (χ0v) is 19.6. The van der Waals surface area contributed by atoms with Crippen LogP contribution < -0.4 is 10.2 Å². The van der Waals surface area contributed by atoms with Crippen LogP contribution in [0.4, 0.5) is 19.6 Å². The summed E-state index contributed by atoms with van der Waals surface area (Å²) in [5.41, 5.74) is 0.288. The number of nitrogens with one attached hydrogen (secondary N) is 1. The summed E-state index contributed by atoms with van der Waals surface area (Å²) in [7, 11) is 0. The van der Waals surface area contributed by atoms with E-state index in [4.69, 9.17) is 4.74 Å². The molecule has 3 rings (SSSR count). The van der Waals surface area contributed by atoms with Gasteiger partial charge in [0.2, 0.25) is 5.91 Å². The lowest BCUT2D eigenvalue weighted by atomic mass is 10.0. The number of halogens is 2. The molecule has 0 aliphatic carbocycles. The number of aromatic nitrogens is 1. The number of carbonyl (C=O) groups excluding carboxylic acids is 3. The highest BCUT2D eigenvalue weighted by Gasteiger charge is 2.29. The number of thiazole rings is 1. The van der Waals surface area contributed by atoms with Crippen LogP contribution in [0.3, 0.4) is 0 Å². The Balaban J connectivity index is 1.68. The van der Waals surface area contributed by atoms with Gasteiger partial charge in [-0.05, 0) is 30.2 Å². The number of amides is 2. The molecule has 10 heteroatoms. The zero-order valence-electron chi connectivity index (χ0n) is 18.7. The van der Waals surface area contributed by atoms with E-state index in [1.165, 1.54) is 23.2 Å². The van der Waals surface area contributed by atoms with Crippen molar-refractivity contribution in [3.63, 3.8) is 0 Å². The first-order chi connectivity index (χ1) is 16.2. The van der Waals surface area contributed by atoms with Gasteiger partial charge in [-0.2, -0.15) is 0 Å². The van der Waals surface area contributed by atoms with E-state index < -0.39 is 41.0 Å². The normalized spacial score (nSPS) is 11.7. The summed E-state index contributed by atoms with van der Waals surface area (Å²) in [5, 5.41) is 4.41. The third-order valence-electron chi connectivity index (χ3n) is 4.82. The lowest BCUT2D eigenvalue weighted by Gasteiger charge is -2.21. The van der Waals surface area contributed by atoms with Gasteiger partial charge in [-0.3, -0.25) is 14.5 Å². The molecule has 0 aliphatic heterocycles. The molecule has 178 valence electrons. The predicted molar refractivity (Wildman–Crippen MR) is 124 cm³/mol. The second-order valence-electron chi connectivity index (χ2n) is 7.71. The first-order valence-electron chi connectivity index (χ1n) is 10.4. The minimum Gasteiger partial charge on any atom is -0.458 e. The second-order valence-corrected chi connectivity index (χ2v) is 8.55. The van der Waals surface area contributed by atoms with Gasteiger partial charge in [0, 0.05) is 12.3 Å². The first-order valence-corrected chi connectivity index (χ1v) is 11.3. The summed E-state index contributed by atoms with van der Waals surface area (Å²) in [4.78, 5) is 43.0. The van der Waals surface area contributed by atoms with Crippen LogP contribution in [0.5, 0.6) is 0 Å². The maximum absolute atomic E-state index is 13.9. The van der Waals surface area contributed by atoms with Crippen molar-refractivity contribution in [1.82, 2.24) is 10.3 Å². The number of para-hydroxylation sites is 1. The van der Waals surface area contributed by atoms with Gasteiger partial charge in [-0.1, -0.05) is 38.1 Å². The molecule has 1 aromatic heterocycles. The molecule has 0 spiro atoms. The van der Waals surface area contributed by atoms with Crippen LogP contribution in [0.25, 0.3) is 0 Å². The van der Waals surface area contributed by atoms with Crippen LogP contribution in [-0.2, 0) is 20.9 Å². The number of hydrogen-bond donors (Lipinski definition) is 1. The van der Waals surface area contributed by atoms with Crippen molar-refractivity contribution in [2.75, 3.05) is 4.90 Å². The van der Waals surface area contributed by atoms with Gasteiger partial charge in [0.25, 0.3) is 5.91 Å². The fourth-order valence-corrected chi connectivity index (χ4v) is 4.00. The number of ether oxygens (including phenoxy) is 1. The van der Waals surface area contributed by atoms with Crippen LogP contribution in [0.2, 0.25) is 0 Å². The molecule has 1 atom stereocenters. The van der Waals surface area contributed by atoms with E-state index in [-0.39, 0.29) is 12.5 Å². The van der Waals surface area contributed by atoms with Crippen molar-refractivity contribution in [2.24, 2.45) is 5.92 Å². The van der Waals surface area contributed by atoms with E-state index in [1.807, 2.05) is 6.07 Å². The Hall–Kier alpha value is -3.66. The molecule has 34 heavy (non-hydrogen) atoms. The molecular weight excluding hydrogens is 464 g/mol. The number of esters is 1. The number of benzene rings is 2. The van der Waals surface area contributed by atoms with Crippen molar-refractivity contribution >= 4 is 39.9 Å². The lowest BCUT2D eigenvalue weighted by Crippen LogP contribution is -2.45. The highest BCUT2D eigenvalue weighted by molar-refractivity contribution is 7.14. The Morgan fingerprint density at radius 1 is 1.06 bits per heavy atom. The van der Waals surface area contributed by atoms with Gasteiger partial charge in [0.05, 0.1) is 11.4 Å². The number of nitrogens with zero attached hydrogens (tertiary/aromatic N) is 2. The van der Waals surface area contributed by atoms with Crippen molar-refractivity contribution in [2.45, 2.75) is 33.4 Å². The summed E-state index contributed by atoms with van der Waals surface area (Å²) in [6, 6.07) is 10.9. The summed E-state index contributed by atoms with van der Waals surface area (Å²) < 4.78 is 33.1. The average molecular weight is 488 g/mol. The van der Waals surface area contributed by atoms with Crippen LogP contribution in [0.15, 0.2) is 53.9 Å². The molecule has 0 bridgehead atoms. The Labute approximate surface area is 199 Å². The largest absolute Gasteiger partial charge is 0.458 e. The zero-order chi connectivity index (χ0) is 24.8. The minimum absolute atomic E-state index is 0.205. The molecule has 0 saturated heterocycles. The van der Waals surface area contributed by atoms with Crippen molar-refractivity contribution in [1.29, 1.82) is 0 Å². The SMILES string of the molecule is CC(=O)N(c1ccccc1)c1nc(COC(=O)C(NC(=O)c2c(F)cccc2F)C(C)C)cs1. The summed E-state index contributed by atoms with van der Waals surface area (Å²) in [5.74, 6) is -4.53. The quantitative estimate of drug-likeness (QED) is 0.469. The second kappa shape index (κ2) is 11.0. The standard InChI is InChI=1S/C24H23F2N3O4S/c1-14(2)21(28-22(31)20-18(25)10-7-11-19(20)26)23(32)33-12-16-13-34-24(27-16)29(15(3)30)17-8-5-4-6-9-17/h4-11,13-14,21H,12H2,1-3H3,(H,28,31). The maximum atomic E-state index is 13.9. The number of rotatable bonds is 8. The van der Waals surface area contributed by atoms with Crippen molar-refractivity contribution in [3.8, 4) is 0 Å². The van der Waals surface area contributed by atoms with Crippen molar-refractivity contribution in [3.05, 3.63) is 76.8 Å². The van der Waals surface area contributed by atoms with E-state index >= 15 is 0 Å². The molecule has 2 aromatic carbocycles. The van der Waals surface area contributed by atoms with E-state index in [0.717, 1.165) is 18.2 Å². The average Bonchev–Trinajstić information content (AvgIpc) is 3.24. The molecule has 1 heterocycles. The van der Waals surface area contributed by atoms with Gasteiger partial charge >= 0.3 is 5.97 Å². The molecule has 1 N–H and O–H groups in total. The van der Waals surface area contributed by atoms with E-state index in [0.29, 0.717) is 16.5 Å². The summed E-state index contributed by atoms with van der Waals surface area (Å²) in [6.07, 6.45) is 0. The molecule has 0 fully saturated rings. The van der Waals surface area contributed by atoms with Gasteiger partial charge in [0.1, 0.15) is 29.8 Å². The molecular formula is C24H23F2N3O4S. The van der Waals surface area contributed by atoms with E-state index in [1.54, 1.807) is 43.5 Å². The van der Waals surface area contributed by atoms with Gasteiger partial charge < -0.3 is 10.1 Å². The number of carbonyl (C=O) groups is 3. The topological polar surface area (TPSA) is 88.6 Å². The van der Waals surface area contributed by atoms with Gasteiger partial charge in [-0.25, -0.2) is 18.6 Å². The molecule has 2 amide bonds. The molecule has 7 nitrogen and oxygen atoms in total. The van der Waals surface area contributed by atoms with Gasteiger partial charge in [-0.15, -0.1) is 11.3 Å². The van der Waals surface area contributed by atoms with Crippen LogP contribution in [0.1, 0.15) is 36.8 Å². The lowest BCUT2D eigenvalue weighted by molar-refractivity contribution is -0.148. The third kappa shape index (κ3) is 5.82. The number of anilines is 2. The summed E-state index contributed by atoms with van der Waals surface area (Å²) in [6.45, 7) is 4.54. The summed E-state index contributed by atoms with van der Waals surface area (Å²) >= 11 is 1.21. The van der Waals surface area contributed by atoms with Crippen LogP contribution >= 0.6 is 11.3 Å². The smallest absolute Gasteiger partial charge is 0.329 e. The monoisotopic (exact) mass is 487 g/mol. The molecule has 0 radical (unpaired) electrons. The Morgan fingerprint density at radius 3 is 2.29 bits per heavy atom. The van der Waals surface area contributed by atoms with E-state index in [9.17, 15) is 23.2 Å². The minimum atomic E-state index is -1.14. The molecule has 0 aliphatic rings. The highest BCUT2D eigenvalue weighted by atomic mass is 32.1. The van der Waals surface area contributed by atoms with Gasteiger partial charge in [0.15, 0.2) is 5.13 Å². The Bertz CT molecular complexity index is 1160. The Kier molecular flexibility index (Phi) is 8.06. The highest BCUT2D eigenvalue weighted by Crippen LogP contribution is 2.29. The first kappa shape index (κ1) is 25.0. The van der Waals surface area contributed by atoms with E-state index in [2.05, 4.69) is 10.3 Å². The fraction of sp³-hybridized carbons (Fsp3) is 0.250. The molecule has 1 unspecified atom stereocenters. The molecule has 3 aromatic rings. The number of hydrogen-bond acceptors (Lipinski definition) is 6. The molecule has 0 saturated carbocycles. The van der Waals surface area contributed by atoms with Crippen LogP contribution in [0, 0.1) is 17.6 Å². The fourth-order valence-electron chi connectivity index (χ4n) is 3.13. The van der Waals surface area contributed by atoms with Crippen LogP contribution in [-0.4, -0.2) is 28.8 Å². The van der Waals surface area contributed by atoms with Crippen molar-refractivity contribution < 1.29 is 27.9 Å². The predicted octanol–water partition coefficient (Wildman–Crippen LogP) is 4.60. The third-order valence-corrected chi connectivity index (χ3v) is 5.69.